The summed E-state index contributed by atoms with van der Waals surface area (Å²) in [5, 5.41) is 5.07. The molecule has 0 spiro atoms. The van der Waals surface area contributed by atoms with Crippen molar-refractivity contribution < 1.29 is 14.4 Å². The highest BCUT2D eigenvalue weighted by Crippen LogP contribution is 2.30. The summed E-state index contributed by atoms with van der Waals surface area (Å²) < 4.78 is 1.83. The zero-order chi connectivity index (χ0) is 20.8. The predicted octanol–water partition coefficient (Wildman–Crippen LogP) is 1.75. The van der Waals surface area contributed by atoms with Crippen LogP contribution in [0.25, 0.3) is 16.9 Å². The molecule has 1 unspecified atom stereocenters. The summed E-state index contributed by atoms with van der Waals surface area (Å²) in [6.07, 6.45) is 6.11. The number of pyridine rings is 1. The number of fused-ring (bicyclic) bond motifs is 1. The van der Waals surface area contributed by atoms with E-state index in [1.54, 1.807) is 11.1 Å². The van der Waals surface area contributed by atoms with Gasteiger partial charge in [-0.3, -0.25) is 14.4 Å². The van der Waals surface area contributed by atoms with Crippen LogP contribution in [0, 0.1) is 11.8 Å². The lowest BCUT2D eigenvalue weighted by molar-refractivity contribution is -0.121. The van der Waals surface area contributed by atoms with Crippen molar-refractivity contribution in [2.75, 3.05) is 18.4 Å². The molecule has 0 aromatic carbocycles. The van der Waals surface area contributed by atoms with Gasteiger partial charge in [-0.15, -0.1) is 11.3 Å². The van der Waals surface area contributed by atoms with Gasteiger partial charge < -0.3 is 20.4 Å². The highest BCUT2D eigenvalue weighted by molar-refractivity contribution is 7.12. The van der Waals surface area contributed by atoms with Gasteiger partial charge in [0.15, 0.2) is 10.8 Å². The first-order chi connectivity index (χ1) is 14.5. The Morgan fingerprint density at radius 1 is 1.10 bits per heavy atom. The molecule has 3 N–H and O–H groups in total. The minimum Gasteiger partial charge on any atom is -0.369 e. The van der Waals surface area contributed by atoms with Gasteiger partial charge in [-0.25, -0.2) is 9.97 Å². The molecule has 10 heteroatoms. The van der Waals surface area contributed by atoms with E-state index in [1.165, 1.54) is 11.3 Å². The van der Waals surface area contributed by atoms with Gasteiger partial charge in [-0.2, -0.15) is 0 Å². The molecular weight excluding hydrogens is 404 g/mol. The smallest absolute Gasteiger partial charge is 0.282 e. The molecule has 1 atom stereocenters. The predicted molar refractivity (Wildman–Crippen MR) is 111 cm³/mol. The molecule has 3 amide bonds. The lowest BCUT2D eigenvalue weighted by Gasteiger charge is -2.13. The topological polar surface area (TPSA) is 123 Å². The maximum Gasteiger partial charge on any atom is 0.282 e. The third-order valence-corrected chi connectivity index (χ3v) is 6.34. The summed E-state index contributed by atoms with van der Waals surface area (Å²) in [6.45, 7) is 0.858. The largest absolute Gasteiger partial charge is 0.369 e. The summed E-state index contributed by atoms with van der Waals surface area (Å²) in [4.78, 5) is 46.5. The van der Waals surface area contributed by atoms with E-state index in [2.05, 4.69) is 15.3 Å². The second kappa shape index (κ2) is 7.21. The third kappa shape index (κ3) is 3.54. The summed E-state index contributed by atoms with van der Waals surface area (Å²) in [5.74, 6) is -0.176. The Labute approximate surface area is 175 Å². The molecule has 4 heterocycles. The van der Waals surface area contributed by atoms with Crippen LogP contribution < -0.4 is 11.1 Å². The molecule has 2 aliphatic rings. The SMILES string of the molecule is NC(=O)C1CCN(C(=O)c2nc(-c3ccc4nc(NC(=O)C5CC5)cn4c3)cs2)C1. The number of imidazole rings is 1. The highest BCUT2D eigenvalue weighted by atomic mass is 32.1. The first kappa shape index (κ1) is 18.7. The van der Waals surface area contributed by atoms with E-state index in [0.717, 1.165) is 18.4 Å². The summed E-state index contributed by atoms with van der Waals surface area (Å²) in [5.41, 5.74) is 7.59. The van der Waals surface area contributed by atoms with Gasteiger partial charge in [0, 0.05) is 36.1 Å². The first-order valence-electron chi connectivity index (χ1n) is 9.82. The number of nitrogens with one attached hydrogen (secondary N) is 1. The monoisotopic (exact) mass is 424 g/mol. The summed E-state index contributed by atoms with van der Waals surface area (Å²) in [7, 11) is 0. The van der Waals surface area contributed by atoms with Crippen LogP contribution in [0.2, 0.25) is 0 Å². The molecule has 1 saturated carbocycles. The molecule has 3 aromatic heterocycles. The Balaban J connectivity index is 1.33. The van der Waals surface area contributed by atoms with Crippen LogP contribution in [0.4, 0.5) is 5.82 Å². The average molecular weight is 424 g/mol. The molecule has 5 rings (SSSR count). The number of rotatable bonds is 5. The molecule has 0 radical (unpaired) electrons. The number of hydrogen-bond donors (Lipinski definition) is 2. The summed E-state index contributed by atoms with van der Waals surface area (Å²) in [6, 6.07) is 3.73. The minimum atomic E-state index is -0.369. The van der Waals surface area contributed by atoms with Crippen LogP contribution in [-0.2, 0) is 9.59 Å². The van der Waals surface area contributed by atoms with Crippen LogP contribution in [0.5, 0.6) is 0 Å². The zero-order valence-corrected chi connectivity index (χ0v) is 16.9. The number of amides is 3. The van der Waals surface area contributed by atoms with Gasteiger partial charge in [-0.05, 0) is 31.4 Å². The van der Waals surface area contributed by atoms with Crippen molar-refractivity contribution in [3.63, 3.8) is 0 Å². The minimum absolute atomic E-state index is 0.0155. The number of aromatic nitrogens is 3. The number of hydrogen-bond acceptors (Lipinski definition) is 6. The van der Waals surface area contributed by atoms with Crippen LogP contribution in [0.3, 0.4) is 0 Å². The number of nitrogens with two attached hydrogens (primary N) is 1. The van der Waals surface area contributed by atoms with E-state index in [1.807, 2.05) is 28.1 Å². The van der Waals surface area contributed by atoms with E-state index < -0.39 is 0 Å². The Kier molecular flexibility index (Phi) is 4.50. The van der Waals surface area contributed by atoms with Crippen molar-refractivity contribution in [2.24, 2.45) is 17.6 Å². The Morgan fingerprint density at radius 3 is 2.67 bits per heavy atom. The standard InChI is InChI=1S/C20H20N6O3S/c21-17(27)13-5-6-25(8-13)20(29)19-22-14(10-30-19)12-3-4-16-23-15(9-26(16)7-12)24-18(28)11-1-2-11/h3-4,7,9-11,13H,1-2,5-6,8H2,(H2,21,27)(H,24,28). The van der Waals surface area contributed by atoms with Crippen LogP contribution in [0.15, 0.2) is 29.9 Å². The normalized spacial score (nSPS) is 18.7. The highest BCUT2D eigenvalue weighted by Gasteiger charge is 2.31. The van der Waals surface area contributed by atoms with Crippen molar-refractivity contribution in [1.82, 2.24) is 19.3 Å². The fourth-order valence-corrected chi connectivity index (χ4v) is 4.39. The van der Waals surface area contributed by atoms with Gasteiger partial charge in [0.1, 0.15) is 5.65 Å². The van der Waals surface area contributed by atoms with E-state index >= 15 is 0 Å². The first-order valence-corrected chi connectivity index (χ1v) is 10.7. The van der Waals surface area contributed by atoms with Crippen molar-refractivity contribution >= 4 is 40.5 Å². The number of carbonyl (C=O) groups is 3. The fraction of sp³-hybridized carbons (Fsp3) is 0.350. The van der Waals surface area contributed by atoms with E-state index in [4.69, 9.17) is 5.73 Å². The van der Waals surface area contributed by atoms with E-state index in [9.17, 15) is 14.4 Å². The lowest BCUT2D eigenvalue weighted by Crippen LogP contribution is -2.31. The third-order valence-electron chi connectivity index (χ3n) is 5.51. The van der Waals surface area contributed by atoms with Crippen LogP contribution in [-0.4, -0.2) is 50.1 Å². The number of primary amides is 1. The Hall–Kier alpha value is -3.27. The lowest BCUT2D eigenvalue weighted by atomic mass is 10.1. The van der Waals surface area contributed by atoms with Gasteiger partial charge in [0.05, 0.1) is 17.8 Å². The Morgan fingerprint density at radius 2 is 1.93 bits per heavy atom. The fourth-order valence-electron chi connectivity index (χ4n) is 3.59. The second-order valence-corrected chi connectivity index (χ2v) is 8.61. The van der Waals surface area contributed by atoms with Gasteiger partial charge in [0.25, 0.3) is 5.91 Å². The van der Waals surface area contributed by atoms with Crippen molar-refractivity contribution in [3.05, 3.63) is 34.9 Å². The molecule has 3 aromatic rings. The molecule has 9 nitrogen and oxygen atoms in total. The van der Waals surface area contributed by atoms with E-state index in [-0.39, 0.29) is 29.6 Å². The van der Waals surface area contributed by atoms with Crippen LogP contribution in [0.1, 0.15) is 29.1 Å². The zero-order valence-electron chi connectivity index (χ0n) is 16.1. The van der Waals surface area contributed by atoms with Gasteiger partial charge in [0.2, 0.25) is 11.8 Å². The molecular formula is C20H20N6O3S. The number of thiazole rings is 1. The molecule has 0 bridgehead atoms. The maximum absolute atomic E-state index is 12.7. The molecule has 1 aliphatic carbocycles. The van der Waals surface area contributed by atoms with Gasteiger partial charge >= 0.3 is 0 Å². The van der Waals surface area contributed by atoms with E-state index in [0.29, 0.717) is 41.7 Å². The van der Waals surface area contributed by atoms with Crippen molar-refractivity contribution in [1.29, 1.82) is 0 Å². The Bertz CT molecular complexity index is 1160. The second-order valence-electron chi connectivity index (χ2n) is 7.75. The molecule has 1 saturated heterocycles. The number of anilines is 1. The number of nitrogens with zero attached hydrogens (tertiary/aromatic N) is 4. The number of likely N-dealkylation sites (tertiary alicyclic amines) is 1. The van der Waals surface area contributed by atoms with Crippen LogP contribution >= 0.6 is 11.3 Å². The van der Waals surface area contributed by atoms with Gasteiger partial charge in [-0.1, -0.05) is 0 Å². The summed E-state index contributed by atoms with van der Waals surface area (Å²) >= 11 is 1.28. The van der Waals surface area contributed by atoms with Crippen molar-refractivity contribution in [2.45, 2.75) is 19.3 Å². The molecule has 1 aliphatic heterocycles. The van der Waals surface area contributed by atoms with Crippen molar-refractivity contribution in [3.8, 4) is 11.3 Å². The maximum atomic E-state index is 12.7. The number of carbonyl (C=O) groups excluding carboxylic acids is 3. The quantitative estimate of drug-likeness (QED) is 0.646. The molecule has 154 valence electrons. The molecule has 2 fully saturated rings. The average Bonchev–Trinajstić information content (AvgIpc) is 3.14. The molecule has 30 heavy (non-hydrogen) atoms.